The zero-order valence-electron chi connectivity index (χ0n) is 31.7. The molecule has 0 spiro atoms. The van der Waals surface area contributed by atoms with Crippen LogP contribution in [0, 0.1) is 0 Å². The molecule has 280 valence electrons. The van der Waals surface area contributed by atoms with Crippen LogP contribution in [-0.2, 0) is 31.7 Å². The Kier molecular flexibility index (Phi) is 11.8. The molecule has 6 rings (SSSR count). The van der Waals surface area contributed by atoms with Crippen molar-refractivity contribution < 1.29 is 19.1 Å². The smallest absolute Gasteiger partial charge is 0.251 e. The predicted octanol–water partition coefficient (Wildman–Crippen LogP) is 5.37. The van der Waals surface area contributed by atoms with Crippen LogP contribution in [0.5, 0.6) is 0 Å². The topological polar surface area (TPSA) is 121 Å². The molecule has 0 bridgehead atoms. The number of likely N-dealkylation sites (N-methyl/N-ethyl adjacent to an activating group) is 1. The van der Waals surface area contributed by atoms with E-state index in [1.54, 1.807) is 48.5 Å². The van der Waals surface area contributed by atoms with Gasteiger partial charge in [0, 0.05) is 81.4 Å². The van der Waals surface area contributed by atoms with Gasteiger partial charge in [-0.2, -0.15) is 0 Å². The summed E-state index contributed by atoms with van der Waals surface area (Å²) in [5.74, 6) is -0.911. The van der Waals surface area contributed by atoms with Crippen molar-refractivity contribution in [3.8, 4) is 11.3 Å². The molecule has 10 nitrogen and oxygen atoms in total. The molecule has 53 heavy (non-hydrogen) atoms. The van der Waals surface area contributed by atoms with Crippen LogP contribution in [0.3, 0.4) is 0 Å². The lowest BCUT2D eigenvalue weighted by atomic mass is 9.70. The maximum Gasteiger partial charge on any atom is 0.251 e. The molecule has 3 aromatic rings. The quantitative estimate of drug-likeness (QED) is 0.274. The van der Waals surface area contributed by atoms with Crippen LogP contribution >= 0.6 is 0 Å². The van der Waals surface area contributed by atoms with Gasteiger partial charge < -0.3 is 25.6 Å². The Morgan fingerprint density at radius 2 is 1.70 bits per heavy atom. The summed E-state index contributed by atoms with van der Waals surface area (Å²) in [6.07, 6.45) is 10.5. The second kappa shape index (κ2) is 16.5. The van der Waals surface area contributed by atoms with E-state index >= 15 is 0 Å². The maximum atomic E-state index is 13.8. The molecule has 2 saturated heterocycles. The molecule has 2 aromatic carbocycles. The number of morpholine rings is 1. The third kappa shape index (κ3) is 8.88. The van der Waals surface area contributed by atoms with Crippen molar-refractivity contribution >= 4 is 23.4 Å². The fourth-order valence-electron chi connectivity index (χ4n) is 7.45. The normalized spacial score (nSPS) is 19.4. The van der Waals surface area contributed by atoms with Crippen LogP contribution in [0.15, 0.2) is 84.6 Å². The first-order valence-corrected chi connectivity index (χ1v) is 18.9. The van der Waals surface area contributed by atoms with Gasteiger partial charge in [0.25, 0.3) is 5.91 Å². The van der Waals surface area contributed by atoms with E-state index in [9.17, 15) is 14.4 Å². The van der Waals surface area contributed by atoms with E-state index in [1.807, 2.05) is 24.3 Å². The highest BCUT2D eigenvalue weighted by Gasteiger charge is 2.42. The van der Waals surface area contributed by atoms with Crippen LogP contribution < -0.4 is 16.0 Å². The molecule has 3 aliphatic rings. The highest BCUT2D eigenvalue weighted by Crippen LogP contribution is 2.42. The molecule has 10 heteroatoms. The Balaban J connectivity index is 1.28. The summed E-state index contributed by atoms with van der Waals surface area (Å²) in [5.41, 5.74) is 11.2. The summed E-state index contributed by atoms with van der Waals surface area (Å²) in [6, 6.07) is 17.8. The molecule has 3 heterocycles. The standard InChI is InChI=1S/C43H54N6O4/c1-42(2,3)34-12-10-31(11-13-34)30-46-39(50)32-16-18-45-38(27-32)36-28-35(49-19-6-5-7-20-49)14-15-37(36)43(41(44)52)17-8-9-33(29-43)40(51)47(4)21-22-48-23-25-53-26-24-48/h8-18,27-28H,5-7,19-26,29-30H2,1-4H3,(H2,44,52)(H,46,50). The summed E-state index contributed by atoms with van der Waals surface area (Å²) in [6.45, 7) is 13.2. The average Bonchev–Trinajstić information content (AvgIpc) is 3.19. The van der Waals surface area contributed by atoms with Crippen molar-refractivity contribution in [1.29, 1.82) is 0 Å². The number of nitrogens with zero attached hydrogens (tertiary/aromatic N) is 4. The first-order valence-electron chi connectivity index (χ1n) is 18.9. The van der Waals surface area contributed by atoms with Gasteiger partial charge in [0.2, 0.25) is 11.8 Å². The van der Waals surface area contributed by atoms with Crippen LogP contribution in [0.4, 0.5) is 5.69 Å². The second-order valence-corrected chi connectivity index (χ2v) is 15.6. The fraction of sp³-hybridized carbons (Fsp3) is 0.442. The van der Waals surface area contributed by atoms with Gasteiger partial charge in [-0.25, -0.2) is 0 Å². The Labute approximate surface area is 314 Å². The van der Waals surface area contributed by atoms with Crippen molar-refractivity contribution in [1.82, 2.24) is 20.1 Å². The summed E-state index contributed by atoms with van der Waals surface area (Å²) < 4.78 is 5.47. The van der Waals surface area contributed by atoms with Crippen molar-refractivity contribution in [2.75, 3.05) is 64.4 Å². The lowest BCUT2D eigenvalue weighted by Crippen LogP contribution is -2.45. The lowest BCUT2D eigenvalue weighted by Gasteiger charge is -2.35. The van der Waals surface area contributed by atoms with E-state index in [2.05, 4.69) is 54.1 Å². The summed E-state index contributed by atoms with van der Waals surface area (Å²) in [4.78, 5) is 52.2. The lowest BCUT2D eigenvalue weighted by molar-refractivity contribution is -0.126. The van der Waals surface area contributed by atoms with Crippen molar-refractivity contribution in [3.05, 3.63) is 107 Å². The number of amides is 3. The van der Waals surface area contributed by atoms with E-state index in [0.717, 1.165) is 56.8 Å². The minimum atomic E-state index is -1.31. The third-order valence-corrected chi connectivity index (χ3v) is 10.8. The first-order chi connectivity index (χ1) is 25.4. The van der Waals surface area contributed by atoms with Gasteiger partial charge >= 0.3 is 0 Å². The predicted molar refractivity (Wildman–Crippen MR) is 210 cm³/mol. The molecule has 1 atom stereocenters. The highest BCUT2D eigenvalue weighted by molar-refractivity contribution is 6.00. The number of pyridine rings is 1. The van der Waals surface area contributed by atoms with Gasteiger partial charge in [0.15, 0.2) is 0 Å². The number of carbonyl (C=O) groups is 3. The number of nitrogens with two attached hydrogens (primary N) is 1. The van der Waals surface area contributed by atoms with Gasteiger partial charge in [-0.3, -0.25) is 24.3 Å². The van der Waals surface area contributed by atoms with Gasteiger partial charge in [-0.1, -0.05) is 69.3 Å². The number of primary amides is 1. The van der Waals surface area contributed by atoms with Gasteiger partial charge in [0.1, 0.15) is 0 Å². The number of allylic oxidation sites excluding steroid dienone is 2. The van der Waals surface area contributed by atoms with Crippen LogP contribution in [-0.4, -0.2) is 92.0 Å². The monoisotopic (exact) mass is 718 g/mol. The highest BCUT2D eigenvalue weighted by atomic mass is 16.5. The first kappa shape index (κ1) is 37.9. The molecule has 1 aromatic heterocycles. The number of carbonyl (C=O) groups excluding carboxylic acids is 3. The van der Waals surface area contributed by atoms with Gasteiger partial charge in [-0.15, -0.1) is 0 Å². The Bertz CT molecular complexity index is 1850. The van der Waals surface area contributed by atoms with Crippen molar-refractivity contribution in [2.24, 2.45) is 5.73 Å². The van der Waals surface area contributed by atoms with Crippen LogP contribution in [0.25, 0.3) is 11.3 Å². The van der Waals surface area contributed by atoms with Gasteiger partial charge in [0.05, 0.1) is 24.3 Å². The third-order valence-electron chi connectivity index (χ3n) is 10.8. The van der Waals surface area contributed by atoms with Crippen LogP contribution in [0.2, 0.25) is 0 Å². The molecule has 3 amide bonds. The number of benzene rings is 2. The number of aromatic nitrogens is 1. The number of rotatable bonds is 11. The number of piperidine rings is 1. The summed E-state index contributed by atoms with van der Waals surface area (Å²) >= 11 is 0. The largest absolute Gasteiger partial charge is 0.379 e. The molecule has 2 fully saturated rings. The van der Waals surface area contributed by atoms with Crippen molar-refractivity contribution in [3.63, 3.8) is 0 Å². The van der Waals surface area contributed by atoms with Crippen LogP contribution in [0.1, 0.15) is 73.5 Å². The second-order valence-electron chi connectivity index (χ2n) is 15.6. The minimum Gasteiger partial charge on any atom is -0.379 e. The number of hydrogen-bond donors (Lipinski definition) is 2. The molecule has 2 aliphatic heterocycles. The number of anilines is 1. The number of nitrogens with one attached hydrogen (secondary N) is 1. The number of hydrogen-bond acceptors (Lipinski definition) is 7. The average molecular weight is 719 g/mol. The molecular weight excluding hydrogens is 665 g/mol. The Hall–Kier alpha value is -4.80. The van der Waals surface area contributed by atoms with E-state index in [-0.39, 0.29) is 23.7 Å². The molecular formula is C43H54N6O4. The van der Waals surface area contributed by atoms with Gasteiger partial charge in [-0.05, 0) is 72.1 Å². The zero-order valence-corrected chi connectivity index (χ0v) is 31.7. The van der Waals surface area contributed by atoms with E-state index in [4.69, 9.17) is 15.5 Å². The minimum absolute atomic E-state index is 0.0484. The Morgan fingerprint density at radius 1 is 0.962 bits per heavy atom. The van der Waals surface area contributed by atoms with E-state index in [1.165, 1.54) is 12.0 Å². The molecule has 0 radical (unpaired) electrons. The zero-order chi connectivity index (χ0) is 37.6. The molecule has 1 unspecified atom stereocenters. The Morgan fingerprint density at radius 3 is 2.40 bits per heavy atom. The maximum absolute atomic E-state index is 13.8. The number of ether oxygens (including phenoxy) is 1. The molecule has 1 aliphatic carbocycles. The molecule has 3 N–H and O–H groups in total. The van der Waals surface area contributed by atoms with Crippen molar-refractivity contribution in [2.45, 2.75) is 63.8 Å². The SMILES string of the molecule is CN(CCN1CCOCC1)C(=O)C1=CC=CC(C(N)=O)(c2ccc(N3CCCCC3)cc2-c2cc(C(=O)NCc3ccc(C(C)(C)C)cc3)ccn2)C1. The van der Waals surface area contributed by atoms with E-state index in [0.29, 0.717) is 54.3 Å². The summed E-state index contributed by atoms with van der Waals surface area (Å²) in [5, 5.41) is 3.06. The van der Waals surface area contributed by atoms with E-state index < -0.39 is 11.3 Å². The molecule has 0 saturated carbocycles. The summed E-state index contributed by atoms with van der Waals surface area (Å²) in [7, 11) is 1.80. The fourth-order valence-corrected chi connectivity index (χ4v) is 7.45.